The zero-order valence-corrected chi connectivity index (χ0v) is 12.0. The van der Waals surface area contributed by atoms with Crippen LogP contribution in [-0.2, 0) is 12.8 Å². The molecule has 0 radical (unpaired) electrons. The van der Waals surface area contributed by atoms with E-state index in [1.165, 1.54) is 16.7 Å². The molecule has 0 fully saturated rings. The fourth-order valence-corrected chi connectivity index (χ4v) is 2.89. The van der Waals surface area contributed by atoms with Crippen LogP contribution in [0.5, 0.6) is 0 Å². The molecule has 0 saturated carbocycles. The summed E-state index contributed by atoms with van der Waals surface area (Å²) < 4.78 is 0. The highest BCUT2D eigenvalue weighted by Crippen LogP contribution is 2.21. The van der Waals surface area contributed by atoms with E-state index in [0.717, 1.165) is 19.4 Å². The molecule has 0 saturated heterocycles. The van der Waals surface area contributed by atoms with Crippen LogP contribution < -0.4 is 5.32 Å². The van der Waals surface area contributed by atoms with Crippen molar-refractivity contribution in [2.24, 2.45) is 0 Å². The SMILES string of the molecule is CCNC(Cc1ccc(CC)cc1)c1ccsc1. The van der Waals surface area contributed by atoms with Crippen molar-refractivity contribution in [2.75, 3.05) is 6.54 Å². The molecule has 1 aromatic carbocycles. The smallest absolute Gasteiger partial charge is 0.0369 e. The fourth-order valence-electron chi connectivity index (χ4n) is 2.17. The summed E-state index contributed by atoms with van der Waals surface area (Å²) in [7, 11) is 0. The van der Waals surface area contributed by atoms with E-state index in [2.05, 4.69) is 60.3 Å². The van der Waals surface area contributed by atoms with Crippen LogP contribution >= 0.6 is 11.3 Å². The Kier molecular flexibility index (Phi) is 4.97. The molecule has 1 unspecified atom stereocenters. The average molecular weight is 259 g/mol. The van der Waals surface area contributed by atoms with E-state index < -0.39 is 0 Å². The van der Waals surface area contributed by atoms with Gasteiger partial charge in [0, 0.05) is 6.04 Å². The van der Waals surface area contributed by atoms with Crippen molar-refractivity contribution in [1.82, 2.24) is 5.32 Å². The molecule has 1 nitrogen and oxygen atoms in total. The first-order valence-electron chi connectivity index (χ1n) is 6.66. The fraction of sp³-hybridized carbons (Fsp3) is 0.375. The van der Waals surface area contributed by atoms with Gasteiger partial charge in [-0.2, -0.15) is 11.3 Å². The van der Waals surface area contributed by atoms with Gasteiger partial charge in [0.2, 0.25) is 0 Å². The zero-order valence-electron chi connectivity index (χ0n) is 11.1. The average Bonchev–Trinajstić information content (AvgIpc) is 2.93. The first kappa shape index (κ1) is 13.3. The van der Waals surface area contributed by atoms with E-state index in [-0.39, 0.29) is 0 Å². The highest BCUT2D eigenvalue weighted by Gasteiger charge is 2.11. The first-order valence-corrected chi connectivity index (χ1v) is 7.61. The van der Waals surface area contributed by atoms with Gasteiger partial charge in [0.05, 0.1) is 0 Å². The summed E-state index contributed by atoms with van der Waals surface area (Å²) in [5.74, 6) is 0. The summed E-state index contributed by atoms with van der Waals surface area (Å²) >= 11 is 1.77. The molecule has 18 heavy (non-hydrogen) atoms. The second-order valence-electron chi connectivity index (χ2n) is 4.54. The summed E-state index contributed by atoms with van der Waals surface area (Å²) in [5, 5.41) is 7.97. The molecule has 0 amide bonds. The number of benzene rings is 1. The van der Waals surface area contributed by atoms with Crippen molar-refractivity contribution in [1.29, 1.82) is 0 Å². The highest BCUT2D eigenvalue weighted by atomic mass is 32.1. The van der Waals surface area contributed by atoms with Gasteiger partial charge in [-0.25, -0.2) is 0 Å². The lowest BCUT2D eigenvalue weighted by atomic mass is 10.00. The van der Waals surface area contributed by atoms with E-state index in [1.54, 1.807) is 11.3 Å². The largest absolute Gasteiger partial charge is 0.310 e. The number of likely N-dealkylation sites (N-methyl/N-ethyl adjacent to an activating group) is 1. The first-order chi connectivity index (χ1) is 8.83. The van der Waals surface area contributed by atoms with Gasteiger partial charge in [-0.3, -0.25) is 0 Å². The minimum absolute atomic E-state index is 0.439. The van der Waals surface area contributed by atoms with Crippen LogP contribution in [0.2, 0.25) is 0 Å². The van der Waals surface area contributed by atoms with E-state index >= 15 is 0 Å². The molecule has 1 heterocycles. The lowest BCUT2D eigenvalue weighted by Crippen LogP contribution is -2.22. The van der Waals surface area contributed by atoms with Crippen LogP contribution in [0.1, 0.15) is 36.6 Å². The molecule has 1 atom stereocenters. The number of nitrogens with one attached hydrogen (secondary N) is 1. The molecule has 1 N–H and O–H groups in total. The highest BCUT2D eigenvalue weighted by molar-refractivity contribution is 7.07. The topological polar surface area (TPSA) is 12.0 Å². The van der Waals surface area contributed by atoms with Gasteiger partial charge in [-0.1, -0.05) is 38.1 Å². The molecule has 2 rings (SSSR count). The van der Waals surface area contributed by atoms with Crippen LogP contribution in [0, 0.1) is 0 Å². The molecular formula is C16H21NS. The number of aryl methyl sites for hydroxylation is 1. The maximum absolute atomic E-state index is 3.57. The lowest BCUT2D eigenvalue weighted by molar-refractivity contribution is 0.551. The van der Waals surface area contributed by atoms with E-state index in [4.69, 9.17) is 0 Å². The Bertz CT molecular complexity index is 444. The standard InChI is InChI=1S/C16H21NS/c1-3-13-5-7-14(8-6-13)11-16(17-4-2)15-9-10-18-12-15/h5-10,12,16-17H,3-4,11H2,1-2H3. The Morgan fingerprint density at radius 2 is 1.78 bits per heavy atom. The zero-order chi connectivity index (χ0) is 12.8. The molecule has 0 bridgehead atoms. The van der Waals surface area contributed by atoms with Crippen molar-refractivity contribution in [2.45, 2.75) is 32.7 Å². The van der Waals surface area contributed by atoms with Crippen LogP contribution in [0.3, 0.4) is 0 Å². The van der Waals surface area contributed by atoms with Gasteiger partial charge in [0.25, 0.3) is 0 Å². The van der Waals surface area contributed by atoms with Crippen molar-refractivity contribution in [3.8, 4) is 0 Å². The summed E-state index contributed by atoms with van der Waals surface area (Å²) in [6.45, 7) is 5.37. The molecular weight excluding hydrogens is 238 g/mol. The Morgan fingerprint density at radius 3 is 2.33 bits per heavy atom. The second kappa shape index (κ2) is 6.72. The number of hydrogen-bond donors (Lipinski definition) is 1. The maximum Gasteiger partial charge on any atom is 0.0369 e. The van der Waals surface area contributed by atoms with Gasteiger partial charge in [0.15, 0.2) is 0 Å². The summed E-state index contributed by atoms with van der Waals surface area (Å²) in [4.78, 5) is 0. The van der Waals surface area contributed by atoms with E-state index in [1.807, 2.05) is 0 Å². The van der Waals surface area contributed by atoms with Crippen molar-refractivity contribution < 1.29 is 0 Å². The number of rotatable bonds is 6. The molecule has 2 aromatic rings. The van der Waals surface area contributed by atoms with Gasteiger partial charge in [0.1, 0.15) is 0 Å². The summed E-state index contributed by atoms with van der Waals surface area (Å²) in [5.41, 5.74) is 4.22. The molecule has 96 valence electrons. The van der Waals surface area contributed by atoms with Crippen molar-refractivity contribution in [3.63, 3.8) is 0 Å². The third-order valence-electron chi connectivity index (χ3n) is 3.27. The Morgan fingerprint density at radius 1 is 1.06 bits per heavy atom. The van der Waals surface area contributed by atoms with Gasteiger partial charge in [-0.05, 0) is 52.9 Å². The third-order valence-corrected chi connectivity index (χ3v) is 3.97. The predicted octanol–water partition coefficient (Wildman–Crippen LogP) is 4.20. The lowest BCUT2D eigenvalue weighted by Gasteiger charge is -2.17. The molecule has 0 aliphatic heterocycles. The van der Waals surface area contributed by atoms with Crippen molar-refractivity contribution in [3.05, 3.63) is 57.8 Å². The molecule has 2 heteroatoms. The quantitative estimate of drug-likeness (QED) is 0.819. The van der Waals surface area contributed by atoms with Gasteiger partial charge in [-0.15, -0.1) is 0 Å². The normalized spacial score (nSPS) is 12.6. The number of hydrogen-bond acceptors (Lipinski definition) is 2. The summed E-state index contributed by atoms with van der Waals surface area (Å²) in [6, 6.07) is 11.7. The number of thiophene rings is 1. The van der Waals surface area contributed by atoms with Crippen LogP contribution in [0.25, 0.3) is 0 Å². The minimum Gasteiger partial charge on any atom is -0.310 e. The second-order valence-corrected chi connectivity index (χ2v) is 5.32. The van der Waals surface area contributed by atoms with Crippen LogP contribution in [0.15, 0.2) is 41.1 Å². The maximum atomic E-state index is 3.57. The van der Waals surface area contributed by atoms with Gasteiger partial charge < -0.3 is 5.32 Å². The van der Waals surface area contributed by atoms with E-state index in [9.17, 15) is 0 Å². The molecule has 0 aliphatic rings. The van der Waals surface area contributed by atoms with E-state index in [0.29, 0.717) is 6.04 Å². The van der Waals surface area contributed by atoms with Gasteiger partial charge >= 0.3 is 0 Å². The monoisotopic (exact) mass is 259 g/mol. The minimum atomic E-state index is 0.439. The predicted molar refractivity (Wildman–Crippen MR) is 80.3 cm³/mol. The molecule has 0 spiro atoms. The summed E-state index contributed by atoms with van der Waals surface area (Å²) in [6.07, 6.45) is 2.18. The van der Waals surface area contributed by atoms with Crippen LogP contribution in [-0.4, -0.2) is 6.54 Å². The molecule has 0 aliphatic carbocycles. The van der Waals surface area contributed by atoms with Crippen molar-refractivity contribution >= 4 is 11.3 Å². The Balaban J connectivity index is 2.08. The Hall–Kier alpha value is -1.12. The molecule has 1 aromatic heterocycles. The Labute approximate surface area is 114 Å². The van der Waals surface area contributed by atoms with Crippen LogP contribution in [0.4, 0.5) is 0 Å². The third kappa shape index (κ3) is 3.44.